The summed E-state index contributed by atoms with van der Waals surface area (Å²) < 4.78 is 98.8. The molecule has 0 radical (unpaired) electrons. The van der Waals surface area contributed by atoms with E-state index >= 15 is 8.78 Å². The molecular formula is C36H41F6N7O4. The van der Waals surface area contributed by atoms with E-state index in [9.17, 15) is 27.2 Å². The maximum absolute atomic E-state index is 15.9. The molecule has 1 saturated carbocycles. The molecule has 53 heavy (non-hydrogen) atoms. The molecule has 2 aliphatic heterocycles. The molecule has 11 nitrogen and oxygen atoms in total. The number of carbonyl (C=O) groups is 2. The van der Waals surface area contributed by atoms with Gasteiger partial charge in [0.1, 0.15) is 16.9 Å². The number of methoxy groups -OCH3 is 1. The van der Waals surface area contributed by atoms with Gasteiger partial charge in [0, 0.05) is 56.4 Å². The van der Waals surface area contributed by atoms with Crippen molar-refractivity contribution >= 4 is 33.9 Å². The number of amides is 2. The van der Waals surface area contributed by atoms with E-state index < -0.39 is 79.7 Å². The molecule has 5 heterocycles. The zero-order valence-corrected chi connectivity index (χ0v) is 29.5. The molecule has 2 bridgehead atoms. The highest BCUT2D eigenvalue weighted by molar-refractivity contribution is 6.00. The van der Waals surface area contributed by atoms with E-state index in [1.807, 2.05) is 0 Å². The first kappa shape index (κ1) is 37.0. The maximum Gasteiger partial charge on any atom is 0.345 e. The molecule has 286 valence electrons. The van der Waals surface area contributed by atoms with Crippen LogP contribution in [0, 0.1) is 5.41 Å². The van der Waals surface area contributed by atoms with Crippen LogP contribution in [0.25, 0.3) is 33.6 Å². The van der Waals surface area contributed by atoms with Gasteiger partial charge in [0.2, 0.25) is 11.8 Å². The normalized spacial score (nSPS) is 24.4. The summed E-state index contributed by atoms with van der Waals surface area (Å²) in [4.78, 5) is 38.0. The van der Waals surface area contributed by atoms with Gasteiger partial charge in [-0.05, 0) is 56.5 Å². The van der Waals surface area contributed by atoms with Crippen molar-refractivity contribution in [3.05, 3.63) is 41.6 Å². The molecular weight excluding hydrogens is 708 g/mol. The molecule has 7 rings (SSSR count). The number of aromatic nitrogens is 4. The lowest BCUT2D eigenvalue weighted by molar-refractivity contribution is -0.181. The molecule has 1 saturated heterocycles. The van der Waals surface area contributed by atoms with E-state index in [2.05, 4.69) is 10.1 Å². The van der Waals surface area contributed by atoms with Crippen LogP contribution < -0.4 is 15.8 Å². The number of hydrogen-bond acceptors (Lipinski definition) is 7. The molecule has 3 atom stereocenters. The van der Waals surface area contributed by atoms with Gasteiger partial charge >= 0.3 is 6.61 Å². The second-order valence-corrected chi connectivity index (χ2v) is 14.7. The Morgan fingerprint density at radius 3 is 2.47 bits per heavy atom. The number of halogens is 6. The number of nitrogens with zero attached hydrogens (tertiary/aromatic N) is 5. The van der Waals surface area contributed by atoms with Crippen LogP contribution in [-0.4, -0.2) is 86.6 Å². The third-order valence-electron chi connectivity index (χ3n) is 10.9. The number of hydrogen-bond donors (Lipinski definition) is 2. The zero-order valence-electron chi connectivity index (χ0n) is 29.5. The summed E-state index contributed by atoms with van der Waals surface area (Å²) in [7, 11) is 3.12. The topological polar surface area (TPSA) is 130 Å². The van der Waals surface area contributed by atoms with Gasteiger partial charge in [0.25, 0.3) is 11.8 Å². The Bertz CT molecular complexity index is 2060. The summed E-state index contributed by atoms with van der Waals surface area (Å²) in [6.07, 6.45) is -2.24. The molecule has 2 fully saturated rings. The largest absolute Gasteiger partial charge is 0.494 e. The monoisotopic (exact) mass is 749 g/mol. The number of rotatable bonds is 5. The van der Waals surface area contributed by atoms with Crippen LogP contribution in [0.3, 0.4) is 0 Å². The third-order valence-corrected chi connectivity index (χ3v) is 10.9. The van der Waals surface area contributed by atoms with Crippen LogP contribution in [0.1, 0.15) is 74.0 Å². The molecule has 1 spiro atoms. The summed E-state index contributed by atoms with van der Waals surface area (Å²) >= 11 is 0. The maximum atomic E-state index is 15.9. The zero-order chi connectivity index (χ0) is 38.0. The highest BCUT2D eigenvalue weighted by Crippen LogP contribution is 2.55. The lowest BCUT2D eigenvalue weighted by atomic mass is 9.62. The van der Waals surface area contributed by atoms with Gasteiger partial charge in [-0.25, -0.2) is 27.5 Å². The molecule has 1 aliphatic carbocycles. The fraction of sp³-hybridized carbons (Fsp3) is 0.556. The quantitative estimate of drug-likeness (QED) is 0.233. The van der Waals surface area contributed by atoms with Gasteiger partial charge in [-0.15, -0.1) is 0 Å². The number of nitrogens with two attached hydrogens (primary N) is 1. The molecule has 1 aromatic carbocycles. The number of aryl methyl sites for hydroxylation is 1. The van der Waals surface area contributed by atoms with Crippen molar-refractivity contribution in [2.75, 3.05) is 20.2 Å². The lowest BCUT2D eigenvalue weighted by Gasteiger charge is -2.46. The average molecular weight is 750 g/mol. The fourth-order valence-corrected chi connectivity index (χ4v) is 8.15. The van der Waals surface area contributed by atoms with E-state index in [0.717, 1.165) is 0 Å². The van der Waals surface area contributed by atoms with Gasteiger partial charge in [-0.3, -0.25) is 9.59 Å². The second-order valence-electron chi connectivity index (χ2n) is 14.7. The Hall–Kier alpha value is -4.38. The summed E-state index contributed by atoms with van der Waals surface area (Å²) in [6, 6.07) is 6.65. The minimum Gasteiger partial charge on any atom is -0.494 e. The van der Waals surface area contributed by atoms with Gasteiger partial charge < -0.3 is 34.6 Å². The van der Waals surface area contributed by atoms with Crippen molar-refractivity contribution < 1.29 is 45.4 Å². The van der Waals surface area contributed by atoms with Crippen molar-refractivity contribution in [1.82, 2.24) is 29.3 Å². The molecule has 4 aromatic rings. The van der Waals surface area contributed by atoms with E-state index in [4.69, 9.17) is 20.4 Å². The van der Waals surface area contributed by atoms with Crippen molar-refractivity contribution in [1.29, 1.82) is 0 Å². The molecule has 3 aliphatic rings. The smallest absolute Gasteiger partial charge is 0.345 e. The minimum absolute atomic E-state index is 0.00749. The van der Waals surface area contributed by atoms with Gasteiger partial charge in [-0.2, -0.15) is 8.78 Å². The van der Waals surface area contributed by atoms with E-state index in [1.165, 1.54) is 22.6 Å². The first-order valence-corrected chi connectivity index (χ1v) is 17.6. The highest BCUT2D eigenvalue weighted by Gasteiger charge is 2.60. The highest BCUT2D eigenvalue weighted by atomic mass is 19.3. The van der Waals surface area contributed by atoms with Crippen LogP contribution in [-0.2, 0) is 23.1 Å². The van der Waals surface area contributed by atoms with Crippen LogP contribution in [0.5, 0.6) is 5.75 Å². The van der Waals surface area contributed by atoms with Crippen LogP contribution in [0.4, 0.5) is 26.3 Å². The van der Waals surface area contributed by atoms with E-state index in [0.29, 0.717) is 39.4 Å². The predicted molar refractivity (Wildman–Crippen MR) is 182 cm³/mol. The molecule has 2 amide bonds. The van der Waals surface area contributed by atoms with Gasteiger partial charge in [0.15, 0.2) is 5.82 Å². The number of ether oxygens (including phenoxy) is 2. The number of alkyl halides is 6. The van der Waals surface area contributed by atoms with Crippen molar-refractivity contribution in [3.8, 4) is 17.3 Å². The number of fused-ring (bicyclic) bond motifs is 2. The summed E-state index contributed by atoms with van der Waals surface area (Å²) in [6.45, 7) is -1.92. The first-order chi connectivity index (χ1) is 25.0. The first-order valence-electron chi connectivity index (χ1n) is 17.6. The Labute approximate surface area is 300 Å². The molecule has 3 aromatic heterocycles. The predicted octanol–water partition coefficient (Wildman–Crippen LogP) is 6.18. The van der Waals surface area contributed by atoms with Gasteiger partial charge in [-0.1, -0.05) is 6.42 Å². The minimum atomic E-state index is -3.23. The number of piperidine rings is 1. The van der Waals surface area contributed by atoms with Gasteiger partial charge in [0.05, 0.1) is 48.1 Å². The Kier molecular flexibility index (Phi) is 9.40. The summed E-state index contributed by atoms with van der Waals surface area (Å²) in [5, 5.41) is 3.39. The Morgan fingerprint density at radius 1 is 1.06 bits per heavy atom. The number of pyridine rings is 1. The van der Waals surface area contributed by atoms with Crippen LogP contribution >= 0.6 is 0 Å². The van der Waals surface area contributed by atoms with Crippen molar-refractivity contribution in [2.24, 2.45) is 18.2 Å². The van der Waals surface area contributed by atoms with E-state index in [1.54, 1.807) is 42.8 Å². The van der Waals surface area contributed by atoms with E-state index in [-0.39, 0.29) is 50.0 Å². The fourth-order valence-electron chi connectivity index (χ4n) is 8.15. The second kappa shape index (κ2) is 13.5. The van der Waals surface area contributed by atoms with Crippen LogP contribution in [0.2, 0.25) is 0 Å². The molecule has 17 heteroatoms. The molecule has 3 N–H and O–H groups in total. The van der Waals surface area contributed by atoms with Crippen molar-refractivity contribution in [2.45, 2.75) is 95.1 Å². The standard InChI is InChI=1S/C36H41F6N7O4/c1-19-23-7-6-20-13-25(49(29(20)45-23)18-35(39,40)10-5-4-9-34(32(51)44-19)16-36(41,42)17-34)30-46-24-12-21(14-27(52-3)28(24)47(30)2)31(50)48-11-8-26(22(43)15-48)53-33(37)38/h6-7,12-14,19,22,26,33H,4-5,8-11,15-18,43H2,1-3H3,(H,44,51)/t19-,22+,26-/m1/s1. The summed E-state index contributed by atoms with van der Waals surface area (Å²) in [5.74, 6) is -6.56. The Morgan fingerprint density at radius 2 is 1.79 bits per heavy atom. The Balaban J connectivity index is 1.26. The molecule has 0 unspecified atom stereocenters. The average Bonchev–Trinajstić information content (AvgIpc) is 3.60. The van der Waals surface area contributed by atoms with Crippen LogP contribution in [0.15, 0.2) is 30.3 Å². The number of carbonyl (C=O) groups excluding carboxylic acids is 2. The summed E-state index contributed by atoms with van der Waals surface area (Å²) in [5.41, 5.74) is 6.73. The number of likely N-dealkylation sites (tertiary alicyclic amines) is 1. The lowest BCUT2D eigenvalue weighted by Crippen LogP contribution is -2.55. The third kappa shape index (κ3) is 6.93. The number of imidazole rings is 1. The van der Waals surface area contributed by atoms with Crippen molar-refractivity contribution in [3.63, 3.8) is 0 Å². The SMILES string of the molecule is COc1cc(C(=O)N2CC[C@@H](OC(F)F)[C@@H](N)C2)cc2nc(-c3cc4ccc5nc4n3CC(F)(F)CCCCC3(CC(F)(F)C3)C(=O)N[C@@H]5C)n(C)c12. The number of nitrogens with one attached hydrogen (secondary N) is 1. The number of benzene rings is 1.